The molecule has 160 valence electrons. The molecule has 0 unspecified atom stereocenters. The van der Waals surface area contributed by atoms with Crippen molar-refractivity contribution in [3.8, 4) is 11.4 Å². The molecule has 1 aliphatic heterocycles. The standard InChI is InChI=1S/C22H34ClN5O/c1-15-10-18(26-29-15)19-17(20(23)27(5)25-19)13-28-9-7-22(14-28)11-16(12-22)24-8-6-21(2,3)4/h10,16,24H,6-9,11-14H2,1-5H3/t16-,22-. The summed E-state index contributed by atoms with van der Waals surface area (Å²) < 4.78 is 6.99. The van der Waals surface area contributed by atoms with Crippen molar-refractivity contribution in [2.45, 2.75) is 66.0 Å². The molecule has 0 aromatic carbocycles. The minimum Gasteiger partial charge on any atom is -0.361 e. The Morgan fingerprint density at radius 1 is 1.34 bits per heavy atom. The monoisotopic (exact) mass is 419 g/mol. The molecule has 1 spiro atoms. The van der Waals surface area contributed by atoms with Crippen molar-refractivity contribution >= 4 is 11.6 Å². The van der Waals surface area contributed by atoms with Crippen LogP contribution in [0.1, 0.15) is 57.8 Å². The average Bonchev–Trinajstić information content (AvgIpc) is 3.28. The first kappa shape index (κ1) is 20.9. The van der Waals surface area contributed by atoms with Crippen molar-refractivity contribution in [3.63, 3.8) is 0 Å². The Kier molecular flexibility index (Phi) is 5.55. The summed E-state index contributed by atoms with van der Waals surface area (Å²) in [6, 6.07) is 2.61. The first-order chi connectivity index (χ1) is 13.6. The van der Waals surface area contributed by atoms with E-state index in [0.29, 0.717) is 22.0 Å². The van der Waals surface area contributed by atoms with Crippen LogP contribution in [0.2, 0.25) is 5.15 Å². The first-order valence-corrected chi connectivity index (χ1v) is 11.1. The number of halogens is 1. The predicted octanol–water partition coefficient (Wildman–Crippen LogP) is 4.42. The van der Waals surface area contributed by atoms with Gasteiger partial charge in [0, 0.05) is 37.8 Å². The maximum atomic E-state index is 6.59. The summed E-state index contributed by atoms with van der Waals surface area (Å²) in [7, 11) is 1.88. The lowest BCUT2D eigenvalue weighted by atomic mass is 9.65. The summed E-state index contributed by atoms with van der Waals surface area (Å²) in [6.07, 6.45) is 5.10. The minimum atomic E-state index is 0.404. The number of rotatable bonds is 6. The topological polar surface area (TPSA) is 59.1 Å². The maximum Gasteiger partial charge on any atom is 0.134 e. The number of nitrogens with one attached hydrogen (secondary N) is 1. The smallest absolute Gasteiger partial charge is 0.134 e. The van der Waals surface area contributed by atoms with E-state index in [2.05, 4.69) is 41.2 Å². The highest BCUT2D eigenvalue weighted by Crippen LogP contribution is 2.49. The fraction of sp³-hybridized carbons (Fsp3) is 0.727. The Morgan fingerprint density at radius 3 is 2.76 bits per heavy atom. The summed E-state index contributed by atoms with van der Waals surface area (Å²) in [6.45, 7) is 13.0. The van der Waals surface area contributed by atoms with E-state index in [1.54, 1.807) is 4.68 Å². The highest BCUT2D eigenvalue weighted by molar-refractivity contribution is 6.30. The summed E-state index contributed by atoms with van der Waals surface area (Å²) in [5.74, 6) is 0.785. The van der Waals surface area contributed by atoms with Gasteiger partial charge in [-0.3, -0.25) is 9.58 Å². The van der Waals surface area contributed by atoms with Crippen molar-refractivity contribution in [1.82, 2.24) is 25.2 Å². The van der Waals surface area contributed by atoms with Gasteiger partial charge in [0.25, 0.3) is 0 Å². The molecular formula is C22H34ClN5O. The Labute approximate surface area is 179 Å². The van der Waals surface area contributed by atoms with E-state index >= 15 is 0 Å². The van der Waals surface area contributed by atoms with Crippen LogP contribution >= 0.6 is 11.6 Å². The third kappa shape index (κ3) is 4.54. The van der Waals surface area contributed by atoms with Crippen molar-refractivity contribution < 1.29 is 4.52 Å². The van der Waals surface area contributed by atoms with E-state index in [0.717, 1.165) is 48.9 Å². The molecule has 2 aromatic rings. The minimum absolute atomic E-state index is 0.404. The van der Waals surface area contributed by atoms with Crippen LogP contribution in [0.25, 0.3) is 11.4 Å². The molecule has 7 heteroatoms. The highest BCUT2D eigenvalue weighted by Gasteiger charge is 2.48. The zero-order valence-electron chi connectivity index (χ0n) is 18.4. The molecule has 0 atom stereocenters. The molecule has 1 saturated heterocycles. The lowest BCUT2D eigenvalue weighted by molar-refractivity contribution is 0.0868. The second-order valence-corrected chi connectivity index (χ2v) is 10.8. The second kappa shape index (κ2) is 7.71. The third-order valence-electron chi connectivity index (χ3n) is 6.51. The number of hydrogen-bond donors (Lipinski definition) is 1. The predicted molar refractivity (Wildman–Crippen MR) is 116 cm³/mol. The Hall–Kier alpha value is -1.37. The van der Waals surface area contributed by atoms with E-state index in [-0.39, 0.29) is 0 Å². The van der Waals surface area contributed by atoms with Crippen molar-refractivity contribution in [1.29, 1.82) is 0 Å². The van der Waals surface area contributed by atoms with E-state index in [4.69, 9.17) is 16.1 Å². The lowest BCUT2D eigenvalue weighted by Crippen LogP contribution is -2.50. The molecule has 2 aromatic heterocycles. The number of hydrogen-bond acceptors (Lipinski definition) is 5. The molecule has 1 N–H and O–H groups in total. The Bertz CT molecular complexity index is 859. The van der Waals surface area contributed by atoms with Crippen LogP contribution in [0.4, 0.5) is 0 Å². The van der Waals surface area contributed by atoms with E-state index < -0.39 is 0 Å². The highest BCUT2D eigenvalue weighted by atomic mass is 35.5. The van der Waals surface area contributed by atoms with Crippen molar-refractivity contribution in [2.75, 3.05) is 19.6 Å². The molecule has 2 aliphatic rings. The van der Waals surface area contributed by atoms with Gasteiger partial charge in [-0.15, -0.1) is 0 Å². The third-order valence-corrected chi connectivity index (χ3v) is 6.98. The number of nitrogens with zero attached hydrogens (tertiary/aromatic N) is 4. The largest absolute Gasteiger partial charge is 0.361 e. The molecule has 29 heavy (non-hydrogen) atoms. The molecule has 0 bridgehead atoms. The van der Waals surface area contributed by atoms with Gasteiger partial charge < -0.3 is 9.84 Å². The van der Waals surface area contributed by atoms with Crippen molar-refractivity contribution in [3.05, 3.63) is 22.5 Å². The van der Waals surface area contributed by atoms with Crippen LogP contribution in [0.5, 0.6) is 0 Å². The van der Waals surface area contributed by atoms with Gasteiger partial charge in [-0.1, -0.05) is 37.5 Å². The summed E-state index contributed by atoms with van der Waals surface area (Å²) in [4.78, 5) is 2.53. The van der Waals surface area contributed by atoms with E-state index in [9.17, 15) is 0 Å². The normalized spacial score (nSPS) is 25.1. The van der Waals surface area contributed by atoms with Gasteiger partial charge in [0.15, 0.2) is 0 Å². The summed E-state index contributed by atoms with van der Waals surface area (Å²) in [5, 5.41) is 13.2. The number of likely N-dealkylation sites (tertiary alicyclic amines) is 1. The summed E-state index contributed by atoms with van der Waals surface area (Å²) in [5.41, 5.74) is 3.55. The van der Waals surface area contributed by atoms with Crippen LogP contribution < -0.4 is 5.32 Å². The average molecular weight is 420 g/mol. The zero-order valence-corrected chi connectivity index (χ0v) is 19.1. The van der Waals surface area contributed by atoms with Gasteiger partial charge in [0.05, 0.1) is 0 Å². The Morgan fingerprint density at radius 2 is 2.10 bits per heavy atom. The van der Waals surface area contributed by atoms with E-state index in [1.165, 1.54) is 25.7 Å². The van der Waals surface area contributed by atoms with Gasteiger partial charge in [-0.25, -0.2) is 0 Å². The first-order valence-electron chi connectivity index (χ1n) is 10.7. The number of aryl methyl sites for hydroxylation is 2. The van der Waals surface area contributed by atoms with Crippen LogP contribution in [0.15, 0.2) is 10.6 Å². The number of aromatic nitrogens is 3. The van der Waals surface area contributed by atoms with Crippen LogP contribution in [-0.2, 0) is 13.6 Å². The quantitative estimate of drug-likeness (QED) is 0.751. The maximum absolute atomic E-state index is 6.59. The van der Waals surface area contributed by atoms with Crippen LogP contribution in [0.3, 0.4) is 0 Å². The molecule has 1 aliphatic carbocycles. The van der Waals surface area contributed by atoms with Gasteiger partial charge in [0.2, 0.25) is 0 Å². The van der Waals surface area contributed by atoms with Crippen LogP contribution in [-0.4, -0.2) is 45.5 Å². The summed E-state index contributed by atoms with van der Waals surface area (Å²) >= 11 is 6.59. The molecular weight excluding hydrogens is 386 g/mol. The molecule has 6 nitrogen and oxygen atoms in total. The lowest BCUT2D eigenvalue weighted by Gasteiger charge is -2.46. The fourth-order valence-corrected chi connectivity index (χ4v) is 5.06. The molecule has 4 rings (SSSR count). The molecule has 3 heterocycles. The second-order valence-electron chi connectivity index (χ2n) is 10.4. The molecule has 2 fully saturated rings. The van der Waals surface area contributed by atoms with Crippen molar-refractivity contribution in [2.24, 2.45) is 17.9 Å². The van der Waals surface area contributed by atoms with Crippen LogP contribution in [0, 0.1) is 17.8 Å². The van der Waals surface area contributed by atoms with Gasteiger partial charge in [-0.05, 0) is 56.5 Å². The van der Waals surface area contributed by atoms with Gasteiger partial charge >= 0.3 is 0 Å². The van der Waals surface area contributed by atoms with Gasteiger partial charge in [0.1, 0.15) is 22.3 Å². The SMILES string of the molecule is Cc1cc(-c2nn(C)c(Cl)c2CN2CC[C@]3(C2)C[C@H](NCCC(C)(C)C)C3)no1. The molecule has 1 saturated carbocycles. The zero-order chi connectivity index (χ0) is 20.8. The fourth-order valence-electron chi connectivity index (χ4n) is 4.87. The van der Waals surface area contributed by atoms with E-state index in [1.807, 2.05) is 20.0 Å². The Balaban J connectivity index is 1.35. The van der Waals surface area contributed by atoms with Gasteiger partial charge in [-0.2, -0.15) is 5.10 Å². The molecule has 0 amide bonds. The molecule has 0 radical (unpaired) electrons.